The maximum absolute atomic E-state index is 13.6. The van der Waals surface area contributed by atoms with E-state index in [9.17, 15) is 18.0 Å². The second-order valence-corrected chi connectivity index (χ2v) is 6.13. The number of methoxy groups -OCH3 is 1. The second kappa shape index (κ2) is 7.31. The number of ether oxygens (including phenoxy) is 1. The number of aryl methyl sites for hydroxylation is 1. The number of rotatable bonds is 4. The molecular formula is C21H17F3O3. The lowest BCUT2D eigenvalue weighted by Crippen LogP contribution is -2.12. The monoisotopic (exact) mass is 374 g/mol. The summed E-state index contributed by atoms with van der Waals surface area (Å²) in [5.41, 5.74) is 1.73. The second-order valence-electron chi connectivity index (χ2n) is 6.13. The maximum Gasteiger partial charge on any atom is 0.450 e. The van der Waals surface area contributed by atoms with Crippen LogP contribution in [0.4, 0.5) is 13.2 Å². The van der Waals surface area contributed by atoms with Gasteiger partial charge in [-0.25, -0.2) is 4.79 Å². The van der Waals surface area contributed by atoms with Crippen LogP contribution in [0.2, 0.25) is 0 Å². The van der Waals surface area contributed by atoms with Gasteiger partial charge in [0.15, 0.2) is 0 Å². The Kier molecular flexibility index (Phi) is 5.08. The zero-order valence-corrected chi connectivity index (χ0v) is 14.8. The van der Waals surface area contributed by atoms with E-state index in [-0.39, 0.29) is 17.7 Å². The Bertz CT molecular complexity index is 957. The minimum Gasteiger partial charge on any atom is -0.465 e. The molecule has 1 aromatic heterocycles. The molecule has 27 heavy (non-hydrogen) atoms. The van der Waals surface area contributed by atoms with Crippen molar-refractivity contribution < 1.29 is 27.1 Å². The van der Waals surface area contributed by atoms with Gasteiger partial charge in [0.2, 0.25) is 5.76 Å². The molecular weight excluding hydrogens is 357 g/mol. The van der Waals surface area contributed by atoms with Crippen molar-refractivity contribution in [3.8, 4) is 11.1 Å². The van der Waals surface area contributed by atoms with Crippen molar-refractivity contribution in [3.63, 3.8) is 0 Å². The first kappa shape index (κ1) is 18.8. The summed E-state index contributed by atoms with van der Waals surface area (Å²) >= 11 is 0. The summed E-state index contributed by atoms with van der Waals surface area (Å²) in [5.74, 6) is -2.35. The van der Waals surface area contributed by atoms with Gasteiger partial charge in [-0.3, -0.25) is 0 Å². The number of alkyl halides is 3. The van der Waals surface area contributed by atoms with E-state index in [1.54, 1.807) is 36.4 Å². The maximum atomic E-state index is 13.6. The van der Waals surface area contributed by atoms with E-state index < -0.39 is 23.5 Å². The van der Waals surface area contributed by atoms with Gasteiger partial charge < -0.3 is 9.15 Å². The van der Waals surface area contributed by atoms with Gasteiger partial charge in [-0.15, -0.1) is 0 Å². The number of carbonyl (C=O) groups is 1. The zero-order chi connectivity index (χ0) is 19.6. The quantitative estimate of drug-likeness (QED) is 0.554. The Morgan fingerprint density at radius 1 is 1.07 bits per heavy atom. The highest BCUT2D eigenvalue weighted by Gasteiger charge is 2.43. The lowest BCUT2D eigenvalue weighted by Gasteiger charge is -2.07. The summed E-state index contributed by atoms with van der Waals surface area (Å²) in [5, 5.41) is 0. The smallest absolute Gasteiger partial charge is 0.450 e. The average Bonchev–Trinajstić information content (AvgIpc) is 3.01. The van der Waals surface area contributed by atoms with Crippen LogP contribution in [0, 0.1) is 6.92 Å². The van der Waals surface area contributed by atoms with Gasteiger partial charge in [0.05, 0.1) is 7.11 Å². The Morgan fingerprint density at radius 2 is 1.78 bits per heavy atom. The van der Waals surface area contributed by atoms with Gasteiger partial charge in [-0.1, -0.05) is 60.2 Å². The molecule has 3 aromatic rings. The van der Waals surface area contributed by atoms with Crippen LogP contribution in [0.25, 0.3) is 11.1 Å². The summed E-state index contributed by atoms with van der Waals surface area (Å²) in [6, 6.07) is 15.8. The summed E-state index contributed by atoms with van der Waals surface area (Å²) in [6.07, 6.45) is -4.70. The van der Waals surface area contributed by atoms with Gasteiger partial charge in [0, 0.05) is 12.0 Å². The third kappa shape index (κ3) is 3.89. The van der Waals surface area contributed by atoms with E-state index in [4.69, 9.17) is 4.42 Å². The SMILES string of the molecule is COC(=O)c1c(C(F)(F)F)oc(Cc2cccc(C)c2)c1-c1ccccc1. The predicted molar refractivity (Wildman–Crippen MR) is 94.5 cm³/mol. The van der Waals surface area contributed by atoms with Gasteiger partial charge in [0.25, 0.3) is 0 Å². The molecule has 3 nitrogen and oxygen atoms in total. The molecule has 0 saturated heterocycles. The molecule has 0 bridgehead atoms. The fourth-order valence-electron chi connectivity index (χ4n) is 3.02. The van der Waals surface area contributed by atoms with Crippen LogP contribution < -0.4 is 0 Å². The normalized spacial score (nSPS) is 11.4. The average molecular weight is 374 g/mol. The van der Waals surface area contributed by atoms with Crippen molar-refractivity contribution in [2.45, 2.75) is 19.5 Å². The molecule has 0 amide bonds. The predicted octanol–water partition coefficient (Wildman–Crippen LogP) is 5.65. The number of esters is 1. The summed E-state index contributed by atoms with van der Waals surface area (Å²) in [4.78, 5) is 12.2. The third-order valence-electron chi connectivity index (χ3n) is 4.14. The third-order valence-corrected chi connectivity index (χ3v) is 4.14. The number of furan rings is 1. The largest absolute Gasteiger partial charge is 0.465 e. The summed E-state index contributed by atoms with van der Waals surface area (Å²) in [6.45, 7) is 1.89. The molecule has 140 valence electrons. The number of benzene rings is 2. The molecule has 0 spiro atoms. The van der Waals surface area contributed by atoms with Crippen LogP contribution in [0.1, 0.15) is 33.0 Å². The van der Waals surface area contributed by atoms with Gasteiger partial charge >= 0.3 is 12.1 Å². The van der Waals surface area contributed by atoms with Gasteiger partial charge in [-0.2, -0.15) is 13.2 Å². The minimum absolute atomic E-state index is 0.0690. The van der Waals surface area contributed by atoms with Crippen LogP contribution in [-0.4, -0.2) is 13.1 Å². The van der Waals surface area contributed by atoms with Crippen LogP contribution >= 0.6 is 0 Å². The number of halogens is 3. The molecule has 0 N–H and O–H groups in total. The van der Waals surface area contributed by atoms with Crippen molar-refractivity contribution in [2.75, 3.05) is 7.11 Å². The van der Waals surface area contributed by atoms with Crippen molar-refractivity contribution >= 4 is 5.97 Å². The molecule has 2 aromatic carbocycles. The Balaban J connectivity index is 2.25. The molecule has 3 rings (SSSR count). The standard InChI is InChI=1S/C21H17F3O3/c1-13-7-6-8-14(11-13)12-16-17(15-9-4-3-5-10-15)18(20(25)26-2)19(27-16)21(22,23)24/h3-11H,12H2,1-2H3. The Labute approximate surface area is 154 Å². The lowest BCUT2D eigenvalue weighted by molar-refractivity contribution is -0.153. The molecule has 0 unspecified atom stereocenters. The summed E-state index contributed by atoms with van der Waals surface area (Å²) in [7, 11) is 1.05. The first-order valence-corrected chi connectivity index (χ1v) is 8.23. The highest BCUT2D eigenvalue weighted by Crippen LogP contribution is 2.42. The number of hydrogen-bond acceptors (Lipinski definition) is 3. The summed E-state index contributed by atoms with van der Waals surface area (Å²) < 4.78 is 50.5. The highest BCUT2D eigenvalue weighted by atomic mass is 19.4. The number of hydrogen-bond donors (Lipinski definition) is 0. The number of carbonyl (C=O) groups excluding carboxylic acids is 1. The van der Waals surface area contributed by atoms with E-state index in [0.29, 0.717) is 5.56 Å². The lowest BCUT2D eigenvalue weighted by atomic mass is 9.96. The molecule has 1 heterocycles. The van der Waals surface area contributed by atoms with E-state index in [1.807, 2.05) is 25.1 Å². The van der Waals surface area contributed by atoms with Crippen molar-refractivity contribution in [3.05, 3.63) is 82.8 Å². The van der Waals surface area contributed by atoms with E-state index in [2.05, 4.69) is 4.74 Å². The molecule has 0 radical (unpaired) electrons. The zero-order valence-electron chi connectivity index (χ0n) is 14.8. The molecule has 0 saturated carbocycles. The van der Waals surface area contributed by atoms with Crippen molar-refractivity contribution in [2.24, 2.45) is 0 Å². The Morgan fingerprint density at radius 3 is 2.37 bits per heavy atom. The molecule has 0 atom stereocenters. The molecule has 0 aliphatic heterocycles. The Hall–Kier alpha value is -3.02. The molecule has 0 aliphatic rings. The van der Waals surface area contributed by atoms with Crippen LogP contribution in [0.3, 0.4) is 0 Å². The molecule has 0 aliphatic carbocycles. The van der Waals surface area contributed by atoms with Crippen LogP contribution in [0.15, 0.2) is 59.0 Å². The van der Waals surface area contributed by atoms with Crippen LogP contribution in [0.5, 0.6) is 0 Å². The van der Waals surface area contributed by atoms with Crippen LogP contribution in [-0.2, 0) is 17.3 Å². The van der Waals surface area contributed by atoms with Crippen molar-refractivity contribution in [1.82, 2.24) is 0 Å². The fraction of sp³-hybridized carbons (Fsp3) is 0.190. The fourth-order valence-corrected chi connectivity index (χ4v) is 3.02. The van der Waals surface area contributed by atoms with E-state index >= 15 is 0 Å². The highest BCUT2D eigenvalue weighted by molar-refractivity contribution is 5.99. The van der Waals surface area contributed by atoms with Gasteiger partial charge in [0.1, 0.15) is 11.3 Å². The first-order valence-electron chi connectivity index (χ1n) is 8.23. The van der Waals surface area contributed by atoms with E-state index in [1.165, 1.54) is 0 Å². The molecule has 6 heteroatoms. The topological polar surface area (TPSA) is 39.4 Å². The van der Waals surface area contributed by atoms with Gasteiger partial charge in [-0.05, 0) is 18.1 Å². The molecule has 0 fully saturated rings. The van der Waals surface area contributed by atoms with E-state index in [0.717, 1.165) is 18.2 Å². The first-order chi connectivity index (χ1) is 12.8. The van der Waals surface area contributed by atoms with Crippen molar-refractivity contribution in [1.29, 1.82) is 0 Å². The minimum atomic E-state index is -4.82.